The molecule has 2 aromatic rings. The smallest absolute Gasteiger partial charge is 0.270 e. The highest BCUT2D eigenvalue weighted by molar-refractivity contribution is 7.99. The summed E-state index contributed by atoms with van der Waals surface area (Å²) in [7, 11) is 0. The lowest BCUT2D eigenvalue weighted by molar-refractivity contribution is 0.0787. The molecule has 0 saturated carbocycles. The van der Waals surface area contributed by atoms with Gasteiger partial charge in [0, 0.05) is 24.8 Å². The first-order valence-corrected chi connectivity index (χ1v) is 9.27. The van der Waals surface area contributed by atoms with Crippen LogP contribution in [0.15, 0.2) is 17.4 Å². The van der Waals surface area contributed by atoms with E-state index in [1.165, 1.54) is 11.8 Å². The average Bonchev–Trinajstić information content (AvgIpc) is 3.32. The molecule has 0 aromatic carbocycles. The van der Waals surface area contributed by atoms with Gasteiger partial charge in [-0.05, 0) is 50.1 Å². The van der Waals surface area contributed by atoms with Crippen LogP contribution in [0.2, 0.25) is 0 Å². The second kappa shape index (κ2) is 6.99. The number of rotatable bonds is 5. The van der Waals surface area contributed by atoms with E-state index in [-0.39, 0.29) is 23.0 Å². The van der Waals surface area contributed by atoms with Crippen LogP contribution in [0.25, 0.3) is 0 Å². The minimum atomic E-state index is -0.252. The lowest BCUT2D eigenvalue weighted by Gasteiger charge is -2.19. The number of thioether (sulfide) groups is 1. The van der Waals surface area contributed by atoms with Gasteiger partial charge < -0.3 is 9.88 Å². The molecule has 9 heteroatoms. The second-order valence-electron chi connectivity index (χ2n) is 7.06. The van der Waals surface area contributed by atoms with Gasteiger partial charge in [-0.15, -0.1) is 5.10 Å². The molecule has 1 saturated heterocycles. The zero-order chi connectivity index (χ0) is 18.0. The van der Waals surface area contributed by atoms with Crippen molar-refractivity contribution in [2.75, 3.05) is 18.8 Å². The molecule has 1 fully saturated rings. The number of Topliss-reactive ketones (excluding diaryl/α,β-unsaturated/α-hetero) is 1. The van der Waals surface area contributed by atoms with E-state index in [0.717, 1.165) is 25.9 Å². The largest absolute Gasteiger partial charge is 0.356 e. The summed E-state index contributed by atoms with van der Waals surface area (Å²) < 4.78 is 1.70. The number of aromatic nitrogens is 5. The Kier molecular flexibility index (Phi) is 4.94. The molecule has 2 aromatic heterocycles. The topological polar surface area (TPSA) is 96.8 Å². The average molecular weight is 362 g/mol. The number of hydrogen-bond acceptors (Lipinski definition) is 6. The van der Waals surface area contributed by atoms with Crippen molar-refractivity contribution >= 4 is 23.5 Å². The number of tetrazole rings is 1. The molecule has 3 rings (SSSR count). The number of likely N-dealkylation sites (tertiary alicyclic amines) is 1. The van der Waals surface area contributed by atoms with Crippen LogP contribution in [0.3, 0.4) is 0 Å². The van der Waals surface area contributed by atoms with Crippen molar-refractivity contribution < 1.29 is 9.59 Å². The number of carbonyl (C=O) groups is 2. The molecule has 0 spiro atoms. The summed E-state index contributed by atoms with van der Waals surface area (Å²) in [6.45, 7) is 7.56. The van der Waals surface area contributed by atoms with Crippen LogP contribution >= 0.6 is 11.8 Å². The van der Waals surface area contributed by atoms with E-state index < -0.39 is 0 Å². The van der Waals surface area contributed by atoms with E-state index in [0.29, 0.717) is 16.4 Å². The van der Waals surface area contributed by atoms with E-state index in [2.05, 4.69) is 20.5 Å². The predicted molar refractivity (Wildman–Crippen MR) is 93.8 cm³/mol. The highest BCUT2D eigenvalue weighted by atomic mass is 32.2. The van der Waals surface area contributed by atoms with Gasteiger partial charge in [0.1, 0.15) is 5.69 Å². The standard InChI is InChI=1S/C16H22N6O2S/c1-16(2,3)22-15(18-19-20-22)25-10-13(23)11-8-12(17-9-11)14(24)21-6-4-5-7-21/h8-9,17H,4-7,10H2,1-3H3. The van der Waals surface area contributed by atoms with Gasteiger partial charge in [0.25, 0.3) is 5.91 Å². The molecule has 0 bridgehead atoms. The molecular weight excluding hydrogens is 340 g/mol. The van der Waals surface area contributed by atoms with Gasteiger partial charge in [-0.2, -0.15) is 0 Å². The Balaban J connectivity index is 1.63. The molecule has 1 N–H and O–H groups in total. The minimum Gasteiger partial charge on any atom is -0.356 e. The Labute approximate surface area is 150 Å². The Morgan fingerprint density at radius 1 is 1.28 bits per heavy atom. The highest BCUT2D eigenvalue weighted by Gasteiger charge is 2.23. The minimum absolute atomic E-state index is 0.0409. The maximum atomic E-state index is 12.4. The van der Waals surface area contributed by atoms with Gasteiger partial charge >= 0.3 is 0 Å². The van der Waals surface area contributed by atoms with Crippen LogP contribution in [0.1, 0.15) is 54.5 Å². The summed E-state index contributed by atoms with van der Waals surface area (Å²) in [5.74, 6) is 0.108. The maximum Gasteiger partial charge on any atom is 0.270 e. The molecule has 1 aliphatic rings. The number of amides is 1. The van der Waals surface area contributed by atoms with Crippen molar-refractivity contribution in [3.63, 3.8) is 0 Å². The molecule has 3 heterocycles. The Morgan fingerprint density at radius 2 is 2.00 bits per heavy atom. The van der Waals surface area contributed by atoms with Crippen LogP contribution in [0.4, 0.5) is 0 Å². The normalized spacial score (nSPS) is 14.9. The lowest BCUT2D eigenvalue weighted by atomic mass is 10.1. The fourth-order valence-corrected chi connectivity index (χ4v) is 3.63. The molecule has 0 radical (unpaired) electrons. The van der Waals surface area contributed by atoms with Gasteiger partial charge in [0.05, 0.1) is 11.3 Å². The van der Waals surface area contributed by atoms with Crippen LogP contribution in [0.5, 0.6) is 0 Å². The first kappa shape index (κ1) is 17.7. The first-order valence-electron chi connectivity index (χ1n) is 8.29. The van der Waals surface area contributed by atoms with Crippen molar-refractivity contribution in [3.8, 4) is 0 Å². The molecule has 0 atom stereocenters. The number of hydrogen-bond donors (Lipinski definition) is 1. The molecule has 25 heavy (non-hydrogen) atoms. The molecule has 1 aliphatic heterocycles. The summed E-state index contributed by atoms with van der Waals surface area (Å²) >= 11 is 1.29. The summed E-state index contributed by atoms with van der Waals surface area (Å²) in [6.07, 6.45) is 3.67. The van der Waals surface area contributed by atoms with Crippen molar-refractivity contribution in [1.29, 1.82) is 0 Å². The fourth-order valence-electron chi connectivity index (χ4n) is 2.67. The second-order valence-corrected chi connectivity index (χ2v) is 8.00. The number of H-pyrrole nitrogens is 1. The SMILES string of the molecule is CC(C)(C)n1nnnc1SCC(=O)c1c[nH]c(C(=O)N2CCCC2)c1. The fraction of sp³-hybridized carbons (Fsp3) is 0.562. The zero-order valence-electron chi connectivity index (χ0n) is 14.7. The third kappa shape index (κ3) is 3.92. The first-order chi connectivity index (χ1) is 11.9. The third-order valence-electron chi connectivity index (χ3n) is 4.04. The van der Waals surface area contributed by atoms with Gasteiger partial charge in [-0.25, -0.2) is 4.68 Å². The number of aromatic amines is 1. The van der Waals surface area contributed by atoms with Crippen LogP contribution in [-0.4, -0.2) is 60.6 Å². The van der Waals surface area contributed by atoms with Crippen LogP contribution < -0.4 is 0 Å². The lowest BCUT2D eigenvalue weighted by Crippen LogP contribution is -2.27. The van der Waals surface area contributed by atoms with Gasteiger partial charge in [0.2, 0.25) is 5.16 Å². The number of nitrogens with zero attached hydrogens (tertiary/aromatic N) is 5. The number of ketones is 1. The predicted octanol–water partition coefficient (Wildman–Crippen LogP) is 1.97. The molecular formula is C16H22N6O2S. The molecule has 0 unspecified atom stereocenters. The van der Waals surface area contributed by atoms with E-state index >= 15 is 0 Å². The van der Waals surface area contributed by atoms with Crippen LogP contribution in [0, 0.1) is 0 Å². The molecule has 8 nitrogen and oxygen atoms in total. The van der Waals surface area contributed by atoms with Gasteiger partial charge in [-0.1, -0.05) is 11.8 Å². The number of carbonyl (C=O) groups excluding carboxylic acids is 2. The Hall–Kier alpha value is -2.16. The summed E-state index contributed by atoms with van der Waals surface area (Å²) in [4.78, 5) is 29.5. The number of nitrogens with one attached hydrogen (secondary N) is 1. The van der Waals surface area contributed by atoms with E-state index in [1.807, 2.05) is 25.7 Å². The van der Waals surface area contributed by atoms with Gasteiger partial charge in [0.15, 0.2) is 5.78 Å². The molecule has 0 aliphatic carbocycles. The van der Waals surface area contributed by atoms with Crippen molar-refractivity contribution in [1.82, 2.24) is 30.1 Å². The van der Waals surface area contributed by atoms with Crippen LogP contribution in [-0.2, 0) is 5.54 Å². The molecule has 134 valence electrons. The molecule has 1 amide bonds. The third-order valence-corrected chi connectivity index (χ3v) is 4.96. The monoisotopic (exact) mass is 362 g/mol. The van der Waals surface area contributed by atoms with Crippen molar-refractivity contribution in [2.24, 2.45) is 0 Å². The Bertz CT molecular complexity index is 770. The van der Waals surface area contributed by atoms with E-state index in [1.54, 1.807) is 16.9 Å². The maximum absolute atomic E-state index is 12.4. The van der Waals surface area contributed by atoms with E-state index in [4.69, 9.17) is 0 Å². The van der Waals surface area contributed by atoms with Gasteiger partial charge in [-0.3, -0.25) is 9.59 Å². The zero-order valence-corrected chi connectivity index (χ0v) is 15.5. The van der Waals surface area contributed by atoms with Crippen molar-refractivity contribution in [3.05, 3.63) is 23.5 Å². The van der Waals surface area contributed by atoms with E-state index in [9.17, 15) is 9.59 Å². The summed E-state index contributed by atoms with van der Waals surface area (Å²) in [6, 6.07) is 1.64. The highest BCUT2D eigenvalue weighted by Crippen LogP contribution is 2.22. The van der Waals surface area contributed by atoms with Crippen molar-refractivity contribution in [2.45, 2.75) is 44.3 Å². The summed E-state index contributed by atoms with van der Waals surface area (Å²) in [5, 5.41) is 12.2. The summed E-state index contributed by atoms with van der Waals surface area (Å²) in [5.41, 5.74) is 0.720. The quantitative estimate of drug-likeness (QED) is 0.645. The Morgan fingerprint density at radius 3 is 2.68 bits per heavy atom.